The van der Waals surface area contributed by atoms with Crippen LogP contribution >= 0.6 is 0 Å². The Labute approximate surface area is 237 Å². The van der Waals surface area contributed by atoms with Crippen molar-refractivity contribution < 1.29 is 19.4 Å². The Morgan fingerprint density at radius 1 is 0.951 bits per heavy atom. The minimum absolute atomic E-state index is 0.0424. The molecule has 6 rings (SSSR count). The molecular weight excluding hydrogens is 518 g/mol. The Morgan fingerprint density at radius 3 is 2.49 bits per heavy atom. The molecule has 0 aliphatic carbocycles. The van der Waals surface area contributed by atoms with Crippen LogP contribution in [0.1, 0.15) is 26.3 Å². The molecule has 0 unspecified atom stereocenters. The molecule has 3 aromatic carbocycles. The molecule has 5 aromatic rings. The van der Waals surface area contributed by atoms with Crippen molar-refractivity contribution in [3.05, 3.63) is 95.7 Å². The minimum Gasteiger partial charge on any atom is -0.494 e. The van der Waals surface area contributed by atoms with Crippen molar-refractivity contribution in [2.75, 3.05) is 46.9 Å². The highest BCUT2D eigenvalue weighted by Crippen LogP contribution is 2.33. The van der Waals surface area contributed by atoms with Crippen LogP contribution in [0.4, 0.5) is 5.69 Å². The number of aromatic hydroxyl groups is 1. The van der Waals surface area contributed by atoms with Crippen molar-refractivity contribution in [1.29, 1.82) is 0 Å². The number of aromatic nitrogens is 2. The van der Waals surface area contributed by atoms with Gasteiger partial charge in [-0.25, -0.2) is 9.79 Å². The predicted molar refractivity (Wildman–Crippen MR) is 160 cm³/mol. The highest BCUT2D eigenvalue weighted by Gasteiger charge is 2.21. The van der Waals surface area contributed by atoms with Crippen molar-refractivity contribution in [2.45, 2.75) is 0 Å². The Kier molecular flexibility index (Phi) is 7.13. The number of ether oxygens (including phenoxy) is 1. The van der Waals surface area contributed by atoms with Crippen LogP contribution in [0.25, 0.3) is 21.8 Å². The van der Waals surface area contributed by atoms with Crippen molar-refractivity contribution in [1.82, 2.24) is 19.4 Å². The summed E-state index contributed by atoms with van der Waals surface area (Å²) in [5.74, 6) is -0.464. The molecule has 2 N–H and O–H groups in total. The topological polar surface area (TPSA) is 103 Å². The molecule has 9 heteroatoms. The number of hydrogen-bond acceptors (Lipinski definition) is 7. The van der Waals surface area contributed by atoms with Gasteiger partial charge < -0.3 is 19.7 Å². The van der Waals surface area contributed by atoms with Gasteiger partial charge in [-0.3, -0.25) is 14.3 Å². The van der Waals surface area contributed by atoms with Gasteiger partial charge in [0.2, 0.25) is 5.91 Å². The zero-order valence-corrected chi connectivity index (χ0v) is 23.0. The number of nitrogens with one attached hydrogen (secondary N) is 1. The average molecular weight is 550 g/mol. The van der Waals surface area contributed by atoms with Gasteiger partial charge in [-0.1, -0.05) is 36.4 Å². The summed E-state index contributed by atoms with van der Waals surface area (Å²) in [5, 5.41) is 12.6. The number of rotatable bonds is 6. The molecule has 208 valence electrons. The standard InChI is InChI=1S/C32H31N5O4/c1-35-14-16-36(17-15-35)20-28(38)37-13-12-22-18-24(9-11-27(22)37)33-30(21-6-4-3-5-7-21)29-25-10-8-23(32(40)41-2)19-26(25)34-31(29)39/h3-13,18-19,34,39H,14-17,20H2,1-2H3. The maximum atomic E-state index is 13.1. The van der Waals surface area contributed by atoms with Crippen LogP contribution in [0.2, 0.25) is 0 Å². The van der Waals surface area contributed by atoms with Crippen molar-refractivity contribution in [2.24, 2.45) is 4.99 Å². The van der Waals surface area contributed by atoms with Gasteiger partial charge in [0.25, 0.3) is 0 Å². The SMILES string of the molecule is COC(=O)c1ccc2c(C(=Nc3ccc4c(ccn4C(=O)CN4CCN(C)CC4)c3)c3ccccc3)c(O)[nH]c2c1. The van der Waals surface area contributed by atoms with E-state index in [-0.39, 0.29) is 11.8 Å². The van der Waals surface area contributed by atoms with Crippen molar-refractivity contribution in [3.63, 3.8) is 0 Å². The molecule has 0 bridgehead atoms. The first-order valence-electron chi connectivity index (χ1n) is 13.5. The molecule has 0 atom stereocenters. The van der Waals surface area contributed by atoms with Gasteiger partial charge in [0.15, 0.2) is 5.88 Å². The number of benzene rings is 3. The first kappa shape index (κ1) is 26.5. The molecular formula is C32H31N5O4. The number of piperazine rings is 1. The molecule has 1 saturated heterocycles. The fourth-order valence-electron chi connectivity index (χ4n) is 5.35. The Hall–Kier alpha value is -4.73. The van der Waals surface area contributed by atoms with Gasteiger partial charge in [0, 0.05) is 54.2 Å². The smallest absolute Gasteiger partial charge is 0.337 e. The average Bonchev–Trinajstić information content (AvgIpc) is 3.56. The minimum atomic E-state index is -0.457. The molecule has 1 aliphatic rings. The largest absolute Gasteiger partial charge is 0.494 e. The number of hydrogen-bond donors (Lipinski definition) is 2. The van der Waals surface area contributed by atoms with E-state index < -0.39 is 5.97 Å². The van der Waals surface area contributed by atoms with Gasteiger partial charge in [-0.15, -0.1) is 0 Å². The van der Waals surface area contributed by atoms with Gasteiger partial charge in [0.05, 0.1) is 41.7 Å². The third-order valence-corrected chi connectivity index (χ3v) is 7.62. The highest BCUT2D eigenvalue weighted by molar-refractivity contribution is 6.22. The van der Waals surface area contributed by atoms with E-state index in [2.05, 4.69) is 21.8 Å². The van der Waals surface area contributed by atoms with E-state index in [1.807, 2.05) is 60.8 Å². The molecule has 0 radical (unpaired) electrons. The fourth-order valence-corrected chi connectivity index (χ4v) is 5.35. The van der Waals surface area contributed by atoms with E-state index in [0.29, 0.717) is 34.6 Å². The lowest BCUT2D eigenvalue weighted by Crippen LogP contribution is -2.46. The second-order valence-corrected chi connectivity index (χ2v) is 10.3. The van der Waals surface area contributed by atoms with E-state index >= 15 is 0 Å². The lowest BCUT2D eigenvalue weighted by Gasteiger charge is -2.31. The Morgan fingerprint density at radius 2 is 1.73 bits per heavy atom. The maximum Gasteiger partial charge on any atom is 0.337 e. The summed E-state index contributed by atoms with van der Waals surface area (Å²) in [6.07, 6.45) is 1.82. The number of carbonyl (C=O) groups is 2. The summed E-state index contributed by atoms with van der Waals surface area (Å²) < 4.78 is 6.56. The zero-order valence-electron chi connectivity index (χ0n) is 23.0. The quantitative estimate of drug-likeness (QED) is 0.236. The Bertz CT molecular complexity index is 1780. The molecule has 41 heavy (non-hydrogen) atoms. The molecule has 0 spiro atoms. The number of esters is 1. The third kappa shape index (κ3) is 5.25. The zero-order chi connectivity index (χ0) is 28.5. The van der Waals surface area contributed by atoms with E-state index in [0.717, 1.165) is 48.0 Å². The summed E-state index contributed by atoms with van der Waals surface area (Å²) in [5.41, 5.74) is 4.40. The number of aromatic amines is 1. The van der Waals surface area contributed by atoms with E-state index in [1.54, 1.807) is 22.8 Å². The fraction of sp³-hybridized carbons (Fsp3) is 0.219. The second-order valence-electron chi connectivity index (χ2n) is 10.3. The number of carbonyl (C=O) groups excluding carboxylic acids is 2. The predicted octanol–water partition coefficient (Wildman–Crippen LogP) is 4.67. The molecule has 0 saturated carbocycles. The van der Waals surface area contributed by atoms with Crippen LogP contribution in [-0.2, 0) is 4.74 Å². The van der Waals surface area contributed by atoms with Crippen molar-refractivity contribution in [3.8, 4) is 5.88 Å². The highest BCUT2D eigenvalue weighted by atomic mass is 16.5. The maximum absolute atomic E-state index is 13.1. The summed E-state index contributed by atoms with van der Waals surface area (Å²) in [6, 6.07) is 22.4. The van der Waals surface area contributed by atoms with E-state index in [4.69, 9.17) is 9.73 Å². The number of fused-ring (bicyclic) bond motifs is 2. The molecule has 0 amide bonds. The number of H-pyrrole nitrogens is 1. The molecule has 1 fully saturated rings. The number of nitrogens with zero attached hydrogens (tertiary/aromatic N) is 4. The van der Waals surface area contributed by atoms with Crippen LogP contribution in [-0.4, -0.2) is 88.9 Å². The first-order valence-corrected chi connectivity index (χ1v) is 13.5. The van der Waals surface area contributed by atoms with Gasteiger partial charge in [-0.05, 0) is 43.4 Å². The van der Waals surface area contributed by atoms with Crippen molar-refractivity contribution >= 4 is 45.1 Å². The summed E-state index contributed by atoms with van der Waals surface area (Å²) in [7, 11) is 3.43. The van der Waals surface area contributed by atoms with Gasteiger partial charge in [-0.2, -0.15) is 0 Å². The monoisotopic (exact) mass is 549 g/mol. The lowest BCUT2D eigenvalue weighted by molar-refractivity contribution is 0.0600. The molecule has 2 aromatic heterocycles. The van der Waals surface area contributed by atoms with Gasteiger partial charge in [0.1, 0.15) is 0 Å². The summed E-state index contributed by atoms with van der Waals surface area (Å²) >= 11 is 0. The van der Waals surface area contributed by atoms with Crippen LogP contribution in [0.5, 0.6) is 5.88 Å². The molecule has 1 aliphatic heterocycles. The van der Waals surface area contributed by atoms with Crippen LogP contribution in [0.3, 0.4) is 0 Å². The number of methoxy groups -OCH3 is 1. The molecule has 3 heterocycles. The first-order chi connectivity index (χ1) is 19.9. The molecule has 9 nitrogen and oxygen atoms in total. The van der Waals surface area contributed by atoms with E-state index in [1.165, 1.54) is 7.11 Å². The van der Waals surface area contributed by atoms with Gasteiger partial charge >= 0.3 is 5.97 Å². The van der Waals surface area contributed by atoms with Crippen LogP contribution < -0.4 is 0 Å². The van der Waals surface area contributed by atoms with E-state index in [9.17, 15) is 14.7 Å². The lowest BCUT2D eigenvalue weighted by atomic mass is 10.00. The van der Waals surface area contributed by atoms with Crippen LogP contribution in [0, 0.1) is 0 Å². The number of likely N-dealkylation sites (N-methyl/N-ethyl adjacent to an activating group) is 1. The third-order valence-electron chi connectivity index (χ3n) is 7.62. The summed E-state index contributed by atoms with van der Waals surface area (Å²) in [6.45, 7) is 4.07. The normalized spacial score (nSPS) is 15.0. The number of aliphatic imine (C=N–C) groups is 1. The second kappa shape index (κ2) is 11.0. The van der Waals surface area contributed by atoms with Crippen LogP contribution in [0.15, 0.2) is 84.0 Å². The Balaban J connectivity index is 1.37. The summed E-state index contributed by atoms with van der Waals surface area (Å²) in [4.78, 5) is 37.6.